The summed E-state index contributed by atoms with van der Waals surface area (Å²) in [5.41, 5.74) is 5.65. The number of fused-ring (bicyclic) bond motifs is 2. The van der Waals surface area contributed by atoms with Gasteiger partial charge in [0.15, 0.2) is 0 Å². The van der Waals surface area contributed by atoms with Crippen molar-refractivity contribution in [2.45, 2.75) is 50.7 Å². The molecule has 2 bridgehead atoms. The molecule has 3 rings (SSSR count). The van der Waals surface area contributed by atoms with E-state index in [-0.39, 0.29) is 0 Å². The van der Waals surface area contributed by atoms with Gasteiger partial charge in [-0.25, -0.2) is 0 Å². The van der Waals surface area contributed by atoms with Gasteiger partial charge in [0.1, 0.15) is 0 Å². The van der Waals surface area contributed by atoms with Crippen LogP contribution in [0.15, 0.2) is 0 Å². The molecule has 1 heterocycles. The summed E-state index contributed by atoms with van der Waals surface area (Å²) >= 11 is 0. The Morgan fingerprint density at radius 2 is 2.00 bits per heavy atom. The molecule has 2 N–H and O–H groups in total. The van der Waals surface area contributed by atoms with E-state index in [1.807, 2.05) is 0 Å². The molecule has 5 atom stereocenters. The maximum atomic E-state index is 6.02. The molecule has 2 saturated carbocycles. The van der Waals surface area contributed by atoms with Gasteiger partial charge in [-0.2, -0.15) is 0 Å². The van der Waals surface area contributed by atoms with Gasteiger partial charge in [-0.1, -0.05) is 6.42 Å². The fourth-order valence-electron chi connectivity index (χ4n) is 3.97. The molecule has 0 aromatic heterocycles. The van der Waals surface area contributed by atoms with Gasteiger partial charge in [0.25, 0.3) is 0 Å². The molecule has 1 saturated heterocycles. The Morgan fingerprint density at radius 1 is 1.07 bits per heavy atom. The number of rotatable bonds is 2. The number of hydrogen-bond donors (Lipinski definition) is 1. The second-order valence-corrected chi connectivity index (χ2v) is 5.45. The Labute approximate surface area is 86.2 Å². The van der Waals surface area contributed by atoms with Crippen molar-refractivity contribution < 1.29 is 4.74 Å². The lowest BCUT2D eigenvalue weighted by Crippen LogP contribution is -2.28. The van der Waals surface area contributed by atoms with E-state index in [1.165, 1.54) is 38.5 Å². The van der Waals surface area contributed by atoms with Crippen molar-refractivity contribution in [3.8, 4) is 0 Å². The number of ether oxygens (including phenoxy) is 1. The molecule has 1 aliphatic heterocycles. The first-order valence-electron chi connectivity index (χ1n) is 6.22. The van der Waals surface area contributed by atoms with Crippen molar-refractivity contribution >= 4 is 0 Å². The average Bonchev–Trinajstić information content (AvgIpc) is 2.93. The van der Waals surface area contributed by atoms with Gasteiger partial charge in [-0.15, -0.1) is 0 Å². The van der Waals surface area contributed by atoms with Crippen molar-refractivity contribution in [2.24, 2.45) is 23.5 Å². The molecule has 14 heavy (non-hydrogen) atoms. The Kier molecular flexibility index (Phi) is 2.29. The lowest BCUT2D eigenvalue weighted by atomic mass is 9.84. The van der Waals surface area contributed by atoms with Crippen LogP contribution in [-0.4, -0.2) is 18.8 Å². The highest BCUT2D eigenvalue weighted by Gasteiger charge is 2.45. The second kappa shape index (κ2) is 3.49. The zero-order valence-electron chi connectivity index (χ0n) is 8.82. The van der Waals surface area contributed by atoms with E-state index in [0.717, 1.165) is 24.3 Å². The van der Waals surface area contributed by atoms with Crippen LogP contribution in [0.3, 0.4) is 0 Å². The summed E-state index contributed by atoms with van der Waals surface area (Å²) in [6, 6.07) is 0. The van der Waals surface area contributed by atoms with Crippen LogP contribution in [0, 0.1) is 17.8 Å². The van der Waals surface area contributed by atoms with E-state index in [1.54, 1.807) is 0 Å². The van der Waals surface area contributed by atoms with Crippen molar-refractivity contribution in [2.75, 3.05) is 6.54 Å². The summed E-state index contributed by atoms with van der Waals surface area (Å²) in [5.74, 6) is 2.94. The zero-order valence-corrected chi connectivity index (χ0v) is 8.82. The van der Waals surface area contributed by atoms with E-state index in [2.05, 4.69) is 0 Å². The maximum absolute atomic E-state index is 6.02. The molecule has 2 heteroatoms. The quantitative estimate of drug-likeness (QED) is 0.730. The average molecular weight is 195 g/mol. The number of hydrogen-bond acceptors (Lipinski definition) is 2. The highest BCUT2D eigenvalue weighted by atomic mass is 16.5. The Hall–Kier alpha value is -0.0800. The predicted octanol–water partition coefficient (Wildman–Crippen LogP) is 1.93. The molecular formula is C12H21NO. The smallest absolute Gasteiger partial charge is 0.0702 e. The normalized spacial score (nSPS) is 51.6. The van der Waals surface area contributed by atoms with Crippen molar-refractivity contribution in [3.63, 3.8) is 0 Å². The van der Waals surface area contributed by atoms with Crippen LogP contribution < -0.4 is 5.73 Å². The highest BCUT2D eigenvalue weighted by molar-refractivity contribution is 4.95. The molecule has 0 aromatic carbocycles. The second-order valence-electron chi connectivity index (χ2n) is 5.45. The maximum Gasteiger partial charge on any atom is 0.0702 e. The van der Waals surface area contributed by atoms with Crippen molar-refractivity contribution in [3.05, 3.63) is 0 Å². The number of nitrogens with two attached hydrogens (primary N) is 1. The first-order chi connectivity index (χ1) is 6.86. The van der Waals surface area contributed by atoms with Crippen LogP contribution in [0.4, 0.5) is 0 Å². The third-order valence-electron chi connectivity index (χ3n) is 4.67. The van der Waals surface area contributed by atoms with Gasteiger partial charge < -0.3 is 10.5 Å². The Morgan fingerprint density at radius 3 is 2.57 bits per heavy atom. The van der Waals surface area contributed by atoms with E-state index >= 15 is 0 Å². The van der Waals surface area contributed by atoms with E-state index in [9.17, 15) is 0 Å². The molecular weight excluding hydrogens is 174 g/mol. The summed E-state index contributed by atoms with van der Waals surface area (Å²) < 4.78 is 6.02. The van der Waals surface area contributed by atoms with Crippen LogP contribution in [0.2, 0.25) is 0 Å². The molecule has 2 aliphatic carbocycles. The summed E-state index contributed by atoms with van der Waals surface area (Å²) in [7, 11) is 0. The highest BCUT2D eigenvalue weighted by Crippen LogP contribution is 2.51. The zero-order chi connectivity index (χ0) is 9.54. The minimum atomic E-state index is 0.374. The molecule has 0 amide bonds. The lowest BCUT2D eigenvalue weighted by molar-refractivity contribution is -0.00113. The predicted molar refractivity (Wildman–Crippen MR) is 55.9 cm³/mol. The van der Waals surface area contributed by atoms with E-state index in [0.29, 0.717) is 12.2 Å². The SMILES string of the molecule is NCC1CCC(C2CC3CCC2C3)O1. The molecule has 5 unspecified atom stereocenters. The van der Waals surface area contributed by atoms with Gasteiger partial charge in [0, 0.05) is 6.54 Å². The van der Waals surface area contributed by atoms with Crippen molar-refractivity contribution in [1.82, 2.24) is 0 Å². The molecule has 2 nitrogen and oxygen atoms in total. The molecule has 0 spiro atoms. The Bertz CT molecular complexity index is 218. The fourth-order valence-corrected chi connectivity index (χ4v) is 3.97. The first kappa shape index (κ1) is 9.17. The van der Waals surface area contributed by atoms with Crippen LogP contribution >= 0.6 is 0 Å². The van der Waals surface area contributed by atoms with Crippen molar-refractivity contribution in [1.29, 1.82) is 0 Å². The standard InChI is InChI=1S/C12H21NO/c13-7-10-3-4-12(14-10)11-6-8-1-2-9(11)5-8/h8-12H,1-7,13H2. The summed E-state index contributed by atoms with van der Waals surface area (Å²) in [4.78, 5) is 0. The van der Waals surface area contributed by atoms with Gasteiger partial charge in [0.2, 0.25) is 0 Å². The third kappa shape index (κ3) is 1.40. The monoisotopic (exact) mass is 195 g/mol. The van der Waals surface area contributed by atoms with Gasteiger partial charge in [-0.05, 0) is 49.9 Å². The van der Waals surface area contributed by atoms with E-state index < -0.39 is 0 Å². The Balaban J connectivity index is 1.62. The molecule has 3 fully saturated rings. The minimum Gasteiger partial charge on any atom is -0.373 e. The van der Waals surface area contributed by atoms with Crippen LogP contribution in [0.1, 0.15) is 38.5 Å². The van der Waals surface area contributed by atoms with Gasteiger partial charge in [0.05, 0.1) is 12.2 Å². The molecule has 3 aliphatic rings. The molecule has 0 radical (unpaired) electrons. The van der Waals surface area contributed by atoms with E-state index in [4.69, 9.17) is 10.5 Å². The third-order valence-corrected chi connectivity index (χ3v) is 4.67. The van der Waals surface area contributed by atoms with Crippen LogP contribution in [0.25, 0.3) is 0 Å². The van der Waals surface area contributed by atoms with Crippen LogP contribution in [-0.2, 0) is 4.74 Å². The summed E-state index contributed by atoms with van der Waals surface area (Å²) in [6.07, 6.45) is 9.34. The summed E-state index contributed by atoms with van der Waals surface area (Å²) in [5, 5.41) is 0. The largest absolute Gasteiger partial charge is 0.373 e. The van der Waals surface area contributed by atoms with Gasteiger partial charge in [-0.3, -0.25) is 0 Å². The van der Waals surface area contributed by atoms with Crippen LogP contribution in [0.5, 0.6) is 0 Å². The lowest BCUT2D eigenvalue weighted by Gasteiger charge is -2.27. The summed E-state index contributed by atoms with van der Waals surface area (Å²) in [6.45, 7) is 0.720. The minimum absolute atomic E-state index is 0.374. The topological polar surface area (TPSA) is 35.2 Å². The molecule has 0 aromatic rings. The van der Waals surface area contributed by atoms with Gasteiger partial charge >= 0.3 is 0 Å². The molecule has 80 valence electrons. The fraction of sp³-hybridized carbons (Fsp3) is 1.00. The first-order valence-corrected chi connectivity index (χ1v) is 6.22.